The Kier molecular flexibility index (Phi) is 3.72. The van der Waals surface area contributed by atoms with Gasteiger partial charge in [0.25, 0.3) is 0 Å². The predicted molar refractivity (Wildman–Crippen MR) is 85.1 cm³/mol. The molecule has 4 nitrogen and oxygen atoms in total. The van der Waals surface area contributed by atoms with Gasteiger partial charge < -0.3 is 10.5 Å². The van der Waals surface area contributed by atoms with Crippen molar-refractivity contribution in [2.45, 2.75) is 38.7 Å². The molecule has 2 N–H and O–H groups in total. The van der Waals surface area contributed by atoms with Crippen LogP contribution in [0.15, 0.2) is 24.3 Å². The van der Waals surface area contributed by atoms with E-state index in [1.807, 2.05) is 7.05 Å². The second kappa shape index (κ2) is 5.53. The summed E-state index contributed by atoms with van der Waals surface area (Å²) in [5.41, 5.74) is 10.7. The van der Waals surface area contributed by atoms with Crippen LogP contribution in [0.2, 0.25) is 0 Å². The van der Waals surface area contributed by atoms with Crippen LogP contribution in [-0.4, -0.2) is 16.4 Å². The molecule has 3 rings (SSSR count). The van der Waals surface area contributed by atoms with E-state index in [0.29, 0.717) is 11.7 Å². The number of benzene rings is 1. The summed E-state index contributed by atoms with van der Waals surface area (Å²) < 4.78 is 7.55. The van der Waals surface area contributed by atoms with Crippen LogP contribution in [0.5, 0.6) is 0 Å². The van der Waals surface area contributed by atoms with Crippen molar-refractivity contribution in [1.29, 1.82) is 0 Å². The van der Waals surface area contributed by atoms with Crippen molar-refractivity contribution in [2.75, 3.05) is 12.3 Å². The third-order valence-corrected chi connectivity index (χ3v) is 4.22. The Hall–Kier alpha value is -1.81. The van der Waals surface area contributed by atoms with Crippen molar-refractivity contribution >= 4 is 5.82 Å². The molecule has 2 heterocycles. The van der Waals surface area contributed by atoms with Crippen molar-refractivity contribution in [1.82, 2.24) is 9.78 Å². The summed E-state index contributed by atoms with van der Waals surface area (Å²) in [6, 6.07) is 8.62. The largest absolute Gasteiger partial charge is 0.383 e. The van der Waals surface area contributed by atoms with Crippen LogP contribution in [-0.2, 0) is 11.8 Å². The molecule has 0 aliphatic carbocycles. The van der Waals surface area contributed by atoms with E-state index >= 15 is 0 Å². The first kappa shape index (κ1) is 14.1. The van der Waals surface area contributed by atoms with Crippen LogP contribution in [0, 0.1) is 0 Å². The molecule has 1 aromatic carbocycles. The van der Waals surface area contributed by atoms with Gasteiger partial charge in [-0.15, -0.1) is 0 Å². The zero-order valence-electron chi connectivity index (χ0n) is 13.0. The minimum atomic E-state index is 0.0771. The Morgan fingerprint density at radius 3 is 2.57 bits per heavy atom. The normalized spacial score (nSPS) is 18.6. The number of rotatable bonds is 3. The summed E-state index contributed by atoms with van der Waals surface area (Å²) in [5, 5.41) is 4.59. The van der Waals surface area contributed by atoms with Crippen LogP contribution in [0.1, 0.15) is 50.0 Å². The van der Waals surface area contributed by atoms with E-state index in [4.69, 9.17) is 10.5 Å². The molecule has 2 aromatic rings. The highest BCUT2D eigenvalue weighted by Crippen LogP contribution is 2.38. The Morgan fingerprint density at radius 1 is 1.29 bits per heavy atom. The van der Waals surface area contributed by atoms with E-state index < -0.39 is 0 Å². The first-order chi connectivity index (χ1) is 10.1. The zero-order valence-corrected chi connectivity index (χ0v) is 13.0. The molecule has 0 radical (unpaired) electrons. The fourth-order valence-electron chi connectivity index (χ4n) is 2.91. The molecule has 1 aliphatic heterocycles. The molecule has 21 heavy (non-hydrogen) atoms. The summed E-state index contributed by atoms with van der Waals surface area (Å²) in [6.45, 7) is 5.21. The number of aromatic nitrogens is 2. The van der Waals surface area contributed by atoms with Crippen LogP contribution in [0.4, 0.5) is 5.82 Å². The van der Waals surface area contributed by atoms with E-state index in [9.17, 15) is 0 Å². The topological polar surface area (TPSA) is 53.1 Å². The van der Waals surface area contributed by atoms with Gasteiger partial charge in [-0.25, -0.2) is 0 Å². The summed E-state index contributed by atoms with van der Waals surface area (Å²) in [6.07, 6.45) is 2.19. The summed E-state index contributed by atoms with van der Waals surface area (Å²) in [5.74, 6) is 1.24. The number of anilines is 1. The lowest BCUT2D eigenvalue weighted by atomic mass is 9.97. The number of aryl methyl sites for hydroxylation is 1. The van der Waals surface area contributed by atoms with Gasteiger partial charge in [0.2, 0.25) is 0 Å². The Morgan fingerprint density at radius 2 is 2.00 bits per heavy atom. The zero-order chi connectivity index (χ0) is 15.0. The molecule has 112 valence electrons. The van der Waals surface area contributed by atoms with Gasteiger partial charge in [-0.2, -0.15) is 5.10 Å². The SMILES string of the molecule is CC(C)c1ccc(-c2c(C3CCCO3)nn(C)c2N)cc1. The number of nitrogens with two attached hydrogens (primary N) is 1. The molecule has 0 spiro atoms. The molecular formula is C17H23N3O. The summed E-state index contributed by atoms with van der Waals surface area (Å²) in [4.78, 5) is 0. The molecule has 4 heteroatoms. The molecule has 1 unspecified atom stereocenters. The van der Waals surface area contributed by atoms with Gasteiger partial charge in [0, 0.05) is 19.2 Å². The third kappa shape index (κ3) is 2.56. The lowest BCUT2D eigenvalue weighted by molar-refractivity contribution is 0.108. The average molecular weight is 285 g/mol. The van der Waals surface area contributed by atoms with Crippen molar-refractivity contribution in [3.05, 3.63) is 35.5 Å². The molecule has 1 aliphatic rings. The van der Waals surface area contributed by atoms with E-state index in [-0.39, 0.29) is 6.10 Å². The fourth-order valence-corrected chi connectivity index (χ4v) is 2.91. The Bertz CT molecular complexity index is 622. The molecule has 0 bridgehead atoms. The van der Waals surface area contributed by atoms with Crippen molar-refractivity contribution in [2.24, 2.45) is 7.05 Å². The van der Waals surface area contributed by atoms with E-state index in [1.54, 1.807) is 4.68 Å². The second-order valence-corrected chi connectivity index (χ2v) is 6.05. The number of hydrogen-bond acceptors (Lipinski definition) is 3. The highest BCUT2D eigenvalue weighted by atomic mass is 16.5. The molecule has 1 saturated heterocycles. The van der Waals surface area contributed by atoms with Crippen LogP contribution < -0.4 is 5.73 Å². The quantitative estimate of drug-likeness (QED) is 0.936. The van der Waals surface area contributed by atoms with E-state index in [1.165, 1.54) is 5.56 Å². The smallest absolute Gasteiger partial charge is 0.129 e. The molecule has 1 fully saturated rings. The Labute approximate surface area is 125 Å². The Balaban J connectivity index is 2.04. The predicted octanol–water partition coefficient (Wildman–Crippen LogP) is 3.64. The summed E-state index contributed by atoms with van der Waals surface area (Å²) >= 11 is 0. The lowest BCUT2D eigenvalue weighted by Crippen LogP contribution is -2.00. The first-order valence-corrected chi connectivity index (χ1v) is 7.62. The van der Waals surface area contributed by atoms with E-state index in [0.717, 1.165) is 36.3 Å². The monoisotopic (exact) mass is 285 g/mol. The minimum Gasteiger partial charge on any atom is -0.383 e. The van der Waals surface area contributed by atoms with Gasteiger partial charge in [-0.3, -0.25) is 4.68 Å². The highest BCUT2D eigenvalue weighted by molar-refractivity contribution is 5.77. The molecule has 1 atom stereocenters. The number of nitrogen functional groups attached to an aromatic ring is 1. The fraction of sp³-hybridized carbons (Fsp3) is 0.471. The number of ether oxygens (including phenoxy) is 1. The molecular weight excluding hydrogens is 262 g/mol. The minimum absolute atomic E-state index is 0.0771. The average Bonchev–Trinajstić information content (AvgIpc) is 3.09. The van der Waals surface area contributed by atoms with Gasteiger partial charge in [-0.05, 0) is 29.9 Å². The van der Waals surface area contributed by atoms with Crippen LogP contribution in [0.3, 0.4) is 0 Å². The van der Waals surface area contributed by atoms with Crippen molar-refractivity contribution in [3.63, 3.8) is 0 Å². The van der Waals surface area contributed by atoms with Crippen LogP contribution in [0.25, 0.3) is 11.1 Å². The van der Waals surface area contributed by atoms with E-state index in [2.05, 4.69) is 43.2 Å². The molecule has 0 saturated carbocycles. The molecule has 1 aromatic heterocycles. The van der Waals surface area contributed by atoms with Crippen molar-refractivity contribution < 1.29 is 4.74 Å². The van der Waals surface area contributed by atoms with Gasteiger partial charge in [0.15, 0.2) is 0 Å². The molecule has 0 amide bonds. The van der Waals surface area contributed by atoms with Gasteiger partial charge in [-0.1, -0.05) is 38.1 Å². The number of hydrogen-bond donors (Lipinski definition) is 1. The van der Waals surface area contributed by atoms with Gasteiger partial charge in [0.05, 0.1) is 0 Å². The highest BCUT2D eigenvalue weighted by Gasteiger charge is 2.26. The van der Waals surface area contributed by atoms with Gasteiger partial charge >= 0.3 is 0 Å². The van der Waals surface area contributed by atoms with Crippen molar-refractivity contribution in [3.8, 4) is 11.1 Å². The third-order valence-electron chi connectivity index (χ3n) is 4.22. The maximum atomic E-state index is 6.25. The standard InChI is InChI=1S/C17H23N3O/c1-11(2)12-6-8-13(9-7-12)15-16(14-5-4-10-21-14)19-20(3)17(15)18/h6-9,11,14H,4-5,10,18H2,1-3H3. The summed E-state index contributed by atoms with van der Waals surface area (Å²) in [7, 11) is 1.89. The van der Waals surface area contributed by atoms with Crippen LogP contribution >= 0.6 is 0 Å². The lowest BCUT2D eigenvalue weighted by Gasteiger charge is -2.11. The maximum Gasteiger partial charge on any atom is 0.129 e. The maximum absolute atomic E-state index is 6.25. The number of nitrogens with zero attached hydrogens (tertiary/aromatic N) is 2. The second-order valence-electron chi connectivity index (χ2n) is 6.05. The van der Waals surface area contributed by atoms with Gasteiger partial charge in [0.1, 0.15) is 17.6 Å². The first-order valence-electron chi connectivity index (χ1n) is 7.62.